The van der Waals surface area contributed by atoms with Crippen molar-refractivity contribution in [3.8, 4) is 0 Å². The van der Waals surface area contributed by atoms with Crippen LogP contribution in [0.3, 0.4) is 0 Å². The van der Waals surface area contributed by atoms with Gasteiger partial charge in [-0.3, -0.25) is 4.68 Å². The summed E-state index contributed by atoms with van der Waals surface area (Å²) in [5.74, 6) is 1.32. The standard InChI is InChI=1S/C17H28N4/c1-20-9-7-14(8-10-20)21-15-4-2-3-13(11-18)16(15)17(19-21)12-5-6-12/h12-14H,2-11,18H2,1H3. The van der Waals surface area contributed by atoms with Gasteiger partial charge in [0.15, 0.2) is 0 Å². The van der Waals surface area contributed by atoms with Crippen LogP contribution in [0.25, 0.3) is 0 Å². The normalized spacial score (nSPS) is 27.8. The summed E-state index contributed by atoms with van der Waals surface area (Å²) in [4.78, 5) is 2.44. The van der Waals surface area contributed by atoms with E-state index in [0.29, 0.717) is 12.0 Å². The molecule has 1 aliphatic heterocycles. The zero-order valence-corrected chi connectivity index (χ0v) is 13.2. The lowest BCUT2D eigenvalue weighted by Gasteiger charge is -2.31. The van der Waals surface area contributed by atoms with Gasteiger partial charge in [0.2, 0.25) is 0 Å². The molecule has 2 fully saturated rings. The topological polar surface area (TPSA) is 47.1 Å². The Morgan fingerprint density at radius 1 is 1.14 bits per heavy atom. The van der Waals surface area contributed by atoms with Gasteiger partial charge in [0, 0.05) is 17.2 Å². The number of rotatable bonds is 3. The van der Waals surface area contributed by atoms with Crippen LogP contribution in [0.2, 0.25) is 0 Å². The van der Waals surface area contributed by atoms with Crippen LogP contribution in [0.4, 0.5) is 0 Å². The average molecular weight is 288 g/mol. The number of nitrogens with two attached hydrogens (primary N) is 1. The lowest BCUT2D eigenvalue weighted by molar-refractivity contribution is 0.208. The Labute approximate surface area is 127 Å². The molecular weight excluding hydrogens is 260 g/mol. The molecular formula is C17H28N4. The monoisotopic (exact) mass is 288 g/mol. The first-order chi connectivity index (χ1) is 10.3. The second-order valence-electron chi connectivity index (χ2n) is 7.32. The molecule has 1 unspecified atom stereocenters. The quantitative estimate of drug-likeness (QED) is 0.929. The van der Waals surface area contributed by atoms with Crippen LogP contribution < -0.4 is 5.73 Å². The Bertz CT molecular complexity index is 509. The summed E-state index contributed by atoms with van der Waals surface area (Å²) >= 11 is 0. The van der Waals surface area contributed by atoms with Crippen molar-refractivity contribution in [2.75, 3.05) is 26.7 Å². The second kappa shape index (κ2) is 5.40. The van der Waals surface area contributed by atoms with Crippen molar-refractivity contribution in [2.24, 2.45) is 5.73 Å². The van der Waals surface area contributed by atoms with Gasteiger partial charge in [0.1, 0.15) is 0 Å². The molecule has 1 saturated carbocycles. The van der Waals surface area contributed by atoms with E-state index in [9.17, 15) is 0 Å². The van der Waals surface area contributed by atoms with E-state index in [1.54, 1.807) is 11.3 Å². The lowest BCUT2D eigenvalue weighted by atomic mass is 9.84. The molecule has 0 radical (unpaired) electrons. The van der Waals surface area contributed by atoms with E-state index in [0.717, 1.165) is 12.5 Å². The zero-order chi connectivity index (χ0) is 14.4. The minimum atomic E-state index is 0.573. The van der Waals surface area contributed by atoms with Gasteiger partial charge in [0.05, 0.1) is 11.7 Å². The highest BCUT2D eigenvalue weighted by Gasteiger charge is 2.37. The Morgan fingerprint density at radius 2 is 1.90 bits per heavy atom. The minimum Gasteiger partial charge on any atom is -0.330 e. The number of hydrogen-bond donors (Lipinski definition) is 1. The molecule has 2 heterocycles. The maximum atomic E-state index is 6.07. The van der Waals surface area contributed by atoms with Crippen LogP contribution >= 0.6 is 0 Å². The SMILES string of the molecule is CN1CCC(n2nc(C3CC3)c3c2CCCC3CN)CC1. The first-order valence-corrected chi connectivity index (χ1v) is 8.77. The second-order valence-corrected chi connectivity index (χ2v) is 7.32. The van der Waals surface area contributed by atoms with E-state index < -0.39 is 0 Å². The number of hydrogen-bond acceptors (Lipinski definition) is 3. The van der Waals surface area contributed by atoms with Crippen LogP contribution in [-0.4, -0.2) is 41.4 Å². The van der Waals surface area contributed by atoms with Crippen molar-refractivity contribution in [2.45, 2.75) is 62.8 Å². The molecule has 1 aromatic rings. The summed E-state index contributed by atoms with van der Waals surface area (Å²) < 4.78 is 2.44. The molecule has 2 aliphatic carbocycles. The summed E-state index contributed by atoms with van der Waals surface area (Å²) in [5.41, 5.74) is 10.6. The van der Waals surface area contributed by atoms with Gasteiger partial charge in [-0.1, -0.05) is 0 Å². The highest BCUT2D eigenvalue weighted by atomic mass is 15.3. The molecule has 1 saturated heterocycles. The average Bonchev–Trinajstić information content (AvgIpc) is 3.28. The van der Waals surface area contributed by atoms with Crippen molar-refractivity contribution in [3.05, 3.63) is 17.0 Å². The number of fused-ring (bicyclic) bond motifs is 1. The fourth-order valence-corrected chi connectivity index (χ4v) is 4.29. The third-order valence-corrected chi connectivity index (χ3v) is 5.74. The molecule has 0 spiro atoms. The summed E-state index contributed by atoms with van der Waals surface area (Å²) in [6.45, 7) is 3.21. The van der Waals surface area contributed by atoms with Gasteiger partial charge < -0.3 is 10.6 Å². The van der Waals surface area contributed by atoms with E-state index in [4.69, 9.17) is 10.8 Å². The van der Waals surface area contributed by atoms with E-state index >= 15 is 0 Å². The largest absolute Gasteiger partial charge is 0.330 e. The van der Waals surface area contributed by atoms with Gasteiger partial charge in [-0.25, -0.2) is 0 Å². The van der Waals surface area contributed by atoms with Gasteiger partial charge in [0.25, 0.3) is 0 Å². The van der Waals surface area contributed by atoms with E-state index in [2.05, 4.69) is 16.6 Å². The van der Waals surface area contributed by atoms with E-state index in [1.165, 1.54) is 63.7 Å². The summed E-state index contributed by atoms with van der Waals surface area (Å²) in [6, 6.07) is 0.624. The Balaban J connectivity index is 1.71. The molecule has 4 nitrogen and oxygen atoms in total. The predicted octanol–water partition coefficient (Wildman–Crippen LogP) is 2.41. The van der Waals surface area contributed by atoms with Crippen molar-refractivity contribution >= 4 is 0 Å². The first kappa shape index (κ1) is 13.8. The Morgan fingerprint density at radius 3 is 2.57 bits per heavy atom. The molecule has 21 heavy (non-hydrogen) atoms. The summed E-state index contributed by atoms with van der Waals surface area (Å²) in [5, 5.41) is 5.14. The smallest absolute Gasteiger partial charge is 0.0693 e. The van der Waals surface area contributed by atoms with Crippen LogP contribution in [0, 0.1) is 0 Å². The van der Waals surface area contributed by atoms with Gasteiger partial charge >= 0.3 is 0 Å². The van der Waals surface area contributed by atoms with Crippen molar-refractivity contribution in [1.82, 2.24) is 14.7 Å². The van der Waals surface area contributed by atoms with Gasteiger partial charge in [-0.2, -0.15) is 5.10 Å². The van der Waals surface area contributed by atoms with Gasteiger partial charge in [-0.05, 0) is 77.5 Å². The molecule has 0 amide bonds. The number of nitrogens with zero attached hydrogens (tertiary/aromatic N) is 3. The van der Waals surface area contributed by atoms with Gasteiger partial charge in [-0.15, -0.1) is 0 Å². The van der Waals surface area contributed by atoms with Crippen LogP contribution in [0.1, 0.15) is 73.4 Å². The van der Waals surface area contributed by atoms with Crippen molar-refractivity contribution in [3.63, 3.8) is 0 Å². The molecule has 116 valence electrons. The maximum Gasteiger partial charge on any atom is 0.0693 e. The van der Waals surface area contributed by atoms with E-state index in [-0.39, 0.29) is 0 Å². The summed E-state index contributed by atoms with van der Waals surface area (Å²) in [7, 11) is 2.23. The molecule has 2 N–H and O–H groups in total. The number of likely N-dealkylation sites (tertiary alicyclic amines) is 1. The molecule has 1 aromatic heterocycles. The van der Waals surface area contributed by atoms with Crippen LogP contribution in [0.5, 0.6) is 0 Å². The Kier molecular flexibility index (Phi) is 3.54. The molecule has 4 heteroatoms. The van der Waals surface area contributed by atoms with E-state index in [1.807, 2.05) is 0 Å². The van der Waals surface area contributed by atoms with Crippen molar-refractivity contribution in [1.29, 1.82) is 0 Å². The lowest BCUT2D eigenvalue weighted by Crippen LogP contribution is -2.32. The molecule has 3 aliphatic rings. The zero-order valence-electron chi connectivity index (χ0n) is 13.2. The van der Waals surface area contributed by atoms with Crippen molar-refractivity contribution < 1.29 is 0 Å². The number of aromatic nitrogens is 2. The molecule has 4 rings (SSSR count). The predicted molar refractivity (Wildman–Crippen MR) is 84.7 cm³/mol. The fourth-order valence-electron chi connectivity index (χ4n) is 4.29. The maximum absolute atomic E-state index is 6.07. The molecule has 0 aromatic carbocycles. The highest BCUT2D eigenvalue weighted by Crippen LogP contribution is 2.46. The molecule has 1 atom stereocenters. The van der Waals surface area contributed by atoms with Crippen LogP contribution in [0.15, 0.2) is 0 Å². The third kappa shape index (κ3) is 2.42. The first-order valence-electron chi connectivity index (χ1n) is 8.77. The third-order valence-electron chi connectivity index (χ3n) is 5.74. The summed E-state index contributed by atoms with van der Waals surface area (Å²) in [6.07, 6.45) is 8.96. The number of piperidine rings is 1. The molecule has 0 bridgehead atoms. The fraction of sp³-hybridized carbons (Fsp3) is 0.824. The Hall–Kier alpha value is -0.870. The highest BCUT2D eigenvalue weighted by molar-refractivity contribution is 5.37. The van der Waals surface area contributed by atoms with Crippen LogP contribution in [-0.2, 0) is 6.42 Å². The minimum absolute atomic E-state index is 0.573.